The molecule has 31 heavy (non-hydrogen) atoms. The number of aliphatic carboxylic acids is 1. The van der Waals surface area contributed by atoms with Crippen LogP contribution in [-0.4, -0.2) is 41.2 Å². The largest absolute Gasteiger partial charge is 0.488 e. The van der Waals surface area contributed by atoms with Gasteiger partial charge < -0.3 is 19.9 Å². The molecule has 0 radical (unpaired) electrons. The number of benzene rings is 1. The fraction of sp³-hybridized carbons (Fsp3) is 0.458. The van der Waals surface area contributed by atoms with Crippen molar-refractivity contribution in [2.24, 2.45) is 5.92 Å². The van der Waals surface area contributed by atoms with Gasteiger partial charge >= 0.3 is 5.97 Å². The van der Waals surface area contributed by atoms with Crippen LogP contribution in [0.2, 0.25) is 0 Å². The van der Waals surface area contributed by atoms with Crippen LogP contribution in [0, 0.1) is 12.8 Å². The van der Waals surface area contributed by atoms with Crippen molar-refractivity contribution < 1.29 is 24.2 Å². The van der Waals surface area contributed by atoms with Gasteiger partial charge in [0.25, 0.3) is 11.8 Å². The van der Waals surface area contributed by atoms with Crippen LogP contribution in [0.1, 0.15) is 54.1 Å². The van der Waals surface area contributed by atoms with Crippen LogP contribution in [0.15, 0.2) is 36.5 Å². The van der Waals surface area contributed by atoms with E-state index >= 15 is 0 Å². The first-order valence-corrected chi connectivity index (χ1v) is 10.6. The number of aromatic nitrogens is 1. The van der Waals surface area contributed by atoms with Crippen LogP contribution >= 0.6 is 0 Å². The summed E-state index contributed by atoms with van der Waals surface area (Å²) in [4.78, 5) is 29.0. The molecule has 7 nitrogen and oxygen atoms in total. The molecule has 0 bridgehead atoms. The first-order chi connectivity index (χ1) is 14.8. The van der Waals surface area contributed by atoms with Gasteiger partial charge in [0.1, 0.15) is 5.54 Å². The SMILES string of the molecule is COc1ncc(C(=O)NC2(C(=O)O)CCC(C)CC2)cc1OCCc1ccccc1C. The van der Waals surface area contributed by atoms with E-state index in [4.69, 9.17) is 9.47 Å². The summed E-state index contributed by atoms with van der Waals surface area (Å²) in [6.07, 6.45) is 4.44. The molecule has 1 saturated carbocycles. The van der Waals surface area contributed by atoms with Crippen molar-refractivity contribution in [2.45, 2.75) is 51.5 Å². The summed E-state index contributed by atoms with van der Waals surface area (Å²) in [5.74, 6) is -0.383. The molecule has 1 amide bonds. The lowest BCUT2D eigenvalue weighted by Gasteiger charge is -2.36. The Morgan fingerprint density at radius 1 is 1.26 bits per heavy atom. The molecule has 1 heterocycles. The molecular weight excluding hydrogens is 396 g/mol. The van der Waals surface area contributed by atoms with Crippen LogP contribution in [0.25, 0.3) is 0 Å². The molecule has 7 heteroatoms. The Hall–Kier alpha value is -3.09. The van der Waals surface area contributed by atoms with Gasteiger partial charge in [0.15, 0.2) is 5.75 Å². The molecule has 0 aliphatic heterocycles. The van der Waals surface area contributed by atoms with E-state index in [-0.39, 0.29) is 11.4 Å². The zero-order valence-corrected chi connectivity index (χ0v) is 18.3. The molecular formula is C24H30N2O5. The highest BCUT2D eigenvalue weighted by Gasteiger charge is 2.42. The topological polar surface area (TPSA) is 97.8 Å². The lowest BCUT2D eigenvalue weighted by molar-refractivity contribution is -0.146. The number of hydrogen-bond acceptors (Lipinski definition) is 5. The lowest BCUT2D eigenvalue weighted by atomic mass is 9.77. The number of aryl methyl sites for hydroxylation is 1. The number of carbonyl (C=O) groups excluding carboxylic acids is 1. The molecule has 1 aromatic carbocycles. The van der Waals surface area contributed by atoms with E-state index < -0.39 is 17.4 Å². The second kappa shape index (κ2) is 9.81. The number of rotatable bonds is 8. The van der Waals surface area contributed by atoms with Gasteiger partial charge in [-0.15, -0.1) is 0 Å². The number of amides is 1. The highest BCUT2D eigenvalue weighted by molar-refractivity contribution is 5.98. The lowest BCUT2D eigenvalue weighted by Crippen LogP contribution is -2.56. The average Bonchev–Trinajstić information content (AvgIpc) is 2.76. The minimum absolute atomic E-state index is 0.242. The first kappa shape index (κ1) is 22.6. The van der Waals surface area contributed by atoms with Crippen LogP contribution < -0.4 is 14.8 Å². The molecule has 1 aromatic heterocycles. The standard InChI is InChI=1S/C24H30N2O5/c1-16-8-11-24(12-9-16,23(28)29)26-21(27)19-14-20(22(30-3)25-15-19)31-13-10-18-7-5-4-6-17(18)2/h4-7,14-16H,8-13H2,1-3H3,(H,26,27)(H,28,29). The average molecular weight is 427 g/mol. The summed E-state index contributed by atoms with van der Waals surface area (Å²) in [6.45, 7) is 4.54. The maximum Gasteiger partial charge on any atom is 0.329 e. The molecule has 166 valence electrons. The predicted molar refractivity (Wildman–Crippen MR) is 117 cm³/mol. The number of pyridine rings is 1. The Labute approximate surface area is 182 Å². The van der Waals surface area contributed by atoms with Crippen LogP contribution in [0.4, 0.5) is 0 Å². The molecule has 3 rings (SSSR count). The maximum absolute atomic E-state index is 12.9. The van der Waals surface area contributed by atoms with E-state index in [1.165, 1.54) is 24.4 Å². The summed E-state index contributed by atoms with van der Waals surface area (Å²) in [6, 6.07) is 9.63. The fourth-order valence-corrected chi connectivity index (χ4v) is 3.91. The van der Waals surface area contributed by atoms with Crippen molar-refractivity contribution >= 4 is 11.9 Å². The Balaban J connectivity index is 1.72. The molecule has 0 atom stereocenters. The number of ether oxygens (including phenoxy) is 2. The summed E-state index contributed by atoms with van der Waals surface area (Å²) in [5.41, 5.74) is 1.37. The summed E-state index contributed by atoms with van der Waals surface area (Å²) in [5, 5.41) is 12.5. The Morgan fingerprint density at radius 2 is 1.97 bits per heavy atom. The normalized spacial score (nSPS) is 20.7. The van der Waals surface area contributed by atoms with E-state index in [0.717, 1.165) is 12.8 Å². The fourth-order valence-electron chi connectivity index (χ4n) is 3.91. The number of carboxylic acid groups (broad SMARTS) is 1. The first-order valence-electron chi connectivity index (χ1n) is 10.6. The van der Waals surface area contributed by atoms with E-state index in [9.17, 15) is 14.7 Å². The van der Waals surface area contributed by atoms with Crippen LogP contribution in [0.5, 0.6) is 11.6 Å². The Bertz CT molecular complexity index is 935. The van der Waals surface area contributed by atoms with Crippen molar-refractivity contribution in [3.05, 3.63) is 53.2 Å². The summed E-state index contributed by atoms with van der Waals surface area (Å²) in [7, 11) is 1.49. The van der Waals surface area contributed by atoms with Gasteiger partial charge in [-0.1, -0.05) is 31.2 Å². The molecule has 2 aromatic rings. The molecule has 1 aliphatic rings. The Morgan fingerprint density at radius 3 is 2.61 bits per heavy atom. The van der Waals surface area contributed by atoms with E-state index in [1.54, 1.807) is 6.07 Å². The highest BCUT2D eigenvalue weighted by atomic mass is 16.5. The number of carbonyl (C=O) groups is 2. The van der Waals surface area contributed by atoms with E-state index in [2.05, 4.69) is 23.3 Å². The second-order valence-electron chi connectivity index (χ2n) is 8.28. The molecule has 0 spiro atoms. The van der Waals surface area contributed by atoms with Crippen molar-refractivity contribution in [1.82, 2.24) is 10.3 Å². The van der Waals surface area contributed by atoms with Gasteiger partial charge in [0.05, 0.1) is 19.3 Å². The van der Waals surface area contributed by atoms with Crippen LogP contribution in [0.3, 0.4) is 0 Å². The predicted octanol–water partition coefficient (Wildman–Crippen LogP) is 3.78. The van der Waals surface area contributed by atoms with Gasteiger partial charge in [0.2, 0.25) is 0 Å². The van der Waals surface area contributed by atoms with Gasteiger partial charge in [-0.3, -0.25) is 4.79 Å². The zero-order chi connectivity index (χ0) is 22.4. The molecule has 1 aliphatic carbocycles. The minimum atomic E-state index is -1.24. The highest BCUT2D eigenvalue weighted by Crippen LogP contribution is 2.33. The smallest absolute Gasteiger partial charge is 0.329 e. The molecule has 0 saturated heterocycles. The zero-order valence-electron chi connectivity index (χ0n) is 18.3. The maximum atomic E-state index is 12.9. The third kappa shape index (κ3) is 5.34. The Kier molecular flexibility index (Phi) is 7.15. The van der Waals surface area contributed by atoms with Gasteiger partial charge in [-0.25, -0.2) is 9.78 Å². The van der Waals surface area contributed by atoms with Gasteiger partial charge in [-0.2, -0.15) is 0 Å². The second-order valence-corrected chi connectivity index (χ2v) is 8.28. The van der Waals surface area contributed by atoms with Crippen LogP contribution in [-0.2, 0) is 11.2 Å². The number of nitrogens with zero attached hydrogens (tertiary/aromatic N) is 1. The quantitative estimate of drug-likeness (QED) is 0.667. The van der Waals surface area contributed by atoms with Gasteiger partial charge in [-0.05, 0) is 49.7 Å². The van der Waals surface area contributed by atoms with Crippen molar-refractivity contribution in [2.75, 3.05) is 13.7 Å². The summed E-state index contributed by atoms with van der Waals surface area (Å²) >= 11 is 0. The number of carboxylic acids is 1. The number of nitrogens with one attached hydrogen (secondary N) is 1. The van der Waals surface area contributed by atoms with Crippen molar-refractivity contribution in [1.29, 1.82) is 0 Å². The number of hydrogen-bond donors (Lipinski definition) is 2. The molecule has 0 unspecified atom stereocenters. The summed E-state index contributed by atoms with van der Waals surface area (Å²) < 4.78 is 11.1. The molecule has 2 N–H and O–H groups in total. The monoisotopic (exact) mass is 426 g/mol. The molecule has 1 fully saturated rings. The third-order valence-electron chi connectivity index (χ3n) is 6.05. The third-order valence-corrected chi connectivity index (χ3v) is 6.05. The van der Waals surface area contributed by atoms with Gasteiger partial charge in [0, 0.05) is 18.7 Å². The minimum Gasteiger partial charge on any atom is -0.488 e. The van der Waals surface area contributed by atoms with Crippen molar-refractivity contribution in [3.8, 4) is 11.6 Å². The number of methoxy groups -OCH3 is 1. The van der Waals surface area contributed by atoms with E-state index in [1.807, 2.05) is 25.1 Å². The van der Waals surface area contributed by atoms with Crippen molar-refractivity contribution in [3.63, 3.8) is 0 Å². The van der Waals surface area contributed by atoms with E-state index in [0.29, 0.717) is 37.5 Å².